The second-order valence-electron chi connectivity index (χ2n) is 6.03. The second-order valence-corrected chi connectivity index (χ2v) is 7.80. The van der Waals surface area contributed by atoms with Gasteiger partial charge in [0.2, 0.25) is 10.0 Å². The highest BCUT2D eigenvalue weighted by Gasteiger charge is 2.15. The molecule has 0 amide bonds. The van der Waals surface area contributed by atoms with Crippen molar-refractivity contribution in [3.8, 4) is 0 Å². The molecule has 1 saturated heterocycles. The zero-order valence-electron chi connectivity index (χ0n) is 14.5. The maximum Gasteiger partial charge on any atom is 0.240 e. The number of hydrogen-bond acceptors (Lipinski definition) is 6. The van der Waals surface area contributed by atoms with Gasteiger partial charge in [-0.2, -0.15) is 0 Å². The number of nitrogens with zero attached hydrogens (tertiary/aromatic N) is 2. The Balaban J connectivity index is 1.62. The number of Topliss-reactive ketones (excluding diaryl/α,β-unsaturated/α-hetero) is 1. The molecule has 3 rings (SSSR count). The lowest BCUT2D eigenvalue weighted by Crippen LogP contribution is -2.36. The molecule has 1 aliphatic rings. The number of ketones is 1. The van der Waals surface area contributed by atoms with E-state index >= 15 is 0 Å². The summed E-state index contributed by atoms with van der Waals surface area (Å²) in [4.78, 5) is 17.9. The molecule has 1 fully saturated rings. The molecule has 0 aliphatic carbocycles. The first-order valence-electron chi connectivity index (χ1n) is 8.34. The Morgan fingerprint density at radius 3 is 2.42 bits per heavy atom. The smallest absolute Gasteiger partial charge is 0.240 e. The van der Waals surface area contributed by atoms with E-state index < -0.39 is 10.0 Å². The van der Waals surface area contributed by atoms with Crippen LogP contribution in [0.5, 0.6) is 0 Å². The van der Waals surface area contributed by atoms with Gasteiger partial charge in [0, 0.05) is 31.4 Å². The van der Waals surface area contributed by atoms with E-state index in [0.717, 1.165) is 24.5 Å². The molecule has 2 aromatic rings. The van der Waals surface area contributed by atoms with Crippen molar-refractivity contribution >= 4 is 21.6 Å². The lowest BCUT2D eigenvalue weighted by Gasteiger charge is -2.27. The van der Waals surface area contributed by atoms with E-state index in [1.165, 1.54) is 31.2 Å². The van der Waals surface area contributed by atoms with Crippen LogP contribution in [0.4, 0.5) is 5.82 Å². The first-order valence-corrected chi connectivity index (χ1v) is 9.82. The Labute approximate surface area is 153 Å². The molecule has 7 nitrogen and oxygen atoms in total. The molecule has 0 radical (unpaired) electrons. The van der Waals surface area contributed by atoms with Crippen LogP contribution in [-0.4, -0.2) is 45.5 Å². The minimum atomic E-state index is -3.65. The normalized spacial score (nSPS) is 15.0. The van der Waals surface area contributed by atoms with E-state index in [0.29, 0.717) is 18.8 Å². The number of anilines is 1. The molecular formula is C18H21N3O4S. The van der Waals surface area contributed by atoms with Gasteiger partial charge in [-0.15, -0.1) is 0 Å². The Bertz CT molecular complexity index is 858. The maximum atomic E-state index is 12.4. The fraction of sp³-hybridized carbons (Fsp3) is 0.333. The number of morpholine rings is 1. The topological polar surface area (TPSA) is 88.6 Å². The van der Waals surface area contributed by atoms with Crippen molar-refractivity contribution in [2.45, 2.75) is 18.4 Å². The standard InChI is InChI=1S/C18H21N3O4S/c1-14(22)16-3-5-17(6-4-16)26(23,24)20-13-15-2-7-18(19-12-15)21-8-10-25-11-9-21/h2-7,12,20H,8-11,13H2,1H3. The van der Waals surface area contributed by atoms with Gasteiger partial charge in [0.05, 0.1) is 18.1 Å². The summed E-state index contributed by atoms with van der Waals surface area (Å²) in [6.45, 7) is 4.56. The van der Waals surface area contributed by atoms with Crippen molar-refractivity contribution in [1.29, 1.82) is 0 Å². The Morgan fingerprint density at radius 2 is 1.85 bits per heavy atom. The van der Waals surface area contributed by atoms with E-state index in [9.17, 15) is 13.2 Å². The van der Waals surface area contributed by atoms with Gasteiger partial charge in [-0.05, 0) is 30.7 Å². The summed E-state index contributed by atoms with van der Waals surface area (Å²) in [7, 11) is -3.65. The summed E-state index contributed by atoms with van der Waals surface area (Å²) >= 11 is 0. The molecule has 1 aromatic carbocycles. The molecule has 2 heterocycles. The van der Waals surface area contributed by atoms with Crippen LogP contribution in [0.2, 0.25) is 0 Å². The van der Waals surface area contributed by atoms with E-state index in [1.54, 1.807) is 6.20 Å². The van der Waals surface area contributed by atoms with E-state index in [1.807, 2.05) is 12.1 Å². The van der Waals surface area contributed by atoms with Crippen LogP contribution in [0.15, 0.2) is 47.5 Å². The zero-order valence-corrected chi connectivity index (χ0v) is 15.3. The summed E-state index contributed by atoms with van der Waals surface area (Å²) in [5.74, 6) is 0.757. The second kappa shape index (κ2) is 7.94. The average Bonchev–Trinajstić information content (AvgIpc) is 2.67. The van der Waals surface area contributed by atoms with Crippen LogP contribution in [0.1, 0.15) is 22.8 Å². The van der Waals surface area contributed by atoms with Crippen molar-refractivity contribution in [2.75, 3.05) is 31.2 Å². The van der Waals surface area contributed by atoms with Gasteiger partial charge in [0.15, 0.2) is 5.78 Å². The molecule has 0 bridgehead atoms. The lowest BCUT2D eigenvalue weighted by atomic mass is 10.2. The average molecular weight is 375 g/mol. The molecule has 1 aliphatic heterocycles. The number of rotatable bonds is 6. The fourth-order valence-electron chi connectivity index (χ4n) is 2.63. The molecule has 26 heavy (non-hydrogen) atoms. The molecule has 8 heteroatoms. The number of hydrogen-bond donors (Lipinski definition) is 1. The molecule has 0 spiro atoms. The molecular weight excluding hydrogens is 354 g/mol. The number of benzene rings is 1. The van der Waals surface area contributed by atoms with Gasteiger partial charge in [-0.1, -0.05) is 18.2 Å². The highest BCUT2D eigenvalue weighted by atomic mass is 32.2. The first kappa shape index (κ1) is 18.5. The highest BCUT2D eigenvalue weighted by molar-refractivity contribution is 7.89. The monoisotopic (exact) mass is 375 g/mol. The number of sulfonamides is 1. The van der Waals surface area contributed by atoms with Crippen molar-refractivity contribution < 1.29 is 17.9 Å². The Morgan fingerprint density at radius 1 is 1.15 bits per heavy atom. The van der Waals surface area contributed by atoms with Crippen LogP contribution in [0.25, 0.3) is 0 Å². The Hall–Kier alpha value is -2.29. The van der Waals surface area contributed by atoms with Crippen molar-refractivity contribution in [3.05, 3.63) is 53.7 Å². The highest BCUT2D eigenvalue weighted by Crippen LogP contribution is 2.14. The quantitative estimate of drug-likeness (QED) is 0.772. The van der Waals surface area contributed by atoms with Crippen LogP contribution in [-0.2, 0) is 21.3 Å². The van der Waals surface area contributed by atoms with Gasteiger partial charge in [-0.25, -0.2) is 18.1 Å². The number of carbonyl (C=O) groups excluding carboxylic acids is 1. The number of aromatic nitrogens is 1. The fourth-order valence-corrected chi connectivity index (χ4v) is 3.65. The summed E-state index contributed by atoms with van der Waals surface area (Å²) in [5, 5.41) is 0. The predicted octanol–water partition coefficient (Wildman–Crippen LogP) is 1.60. The van der Waals surface area contributed by atoms with E-state index in [2.05, 4.69) is 14.6 Å². The number of ether oxygens (including phenoxy) is 1. The number of pyridine rings is 1. The van der Waals surface area contributed by atoms with E-state index in [-0.39, 0.29) is 17.2 Å². The summed E-state index contributed by atoms with van der Waals surface area (Å²) in [6.07, 6.45) is 1.67. The third-order valence-corrected chi connectivity index (χ3v) is 5.60. The molecule has 1 aromatic heterocycles. The molecule has 138 valence electrons. The van der Waals surface area contributed by atoms with Gasteiger partial charge in [-0.3, -0.25) is 4.79 Å². The van der Waals surface area contributed by atoms with Crippen molar-refractivity contribution in [3.63, 3.8) is 0 Å². The van der Waals surface area contributed by atoms with Gasteiger partial charge >= 0.3 is 0 Å². The minimum Gasteiger partial charge on any atom is -0.378 e. The van der Waals surface area contributed by atoms with E-state index in [4.69, 9.17) is 4.74 Å². The Kier molecular flexibility index (Phi) is 5.65. The minimum absolute atomic E-state index is 0.103. The summed E-state index contributed by atoms with van der Waals surface area (Å²) in [6, 6.07) is 9.62. The SMILES string of the molecule is CC(=O)c1ccc(S(=O)(=O)NCc2ccc(N3CCOCC3)nc2)cc1. The molecule has 0 unspecified atom stereocenters. The zero-order chi connectivity index (χ0) is 18.6. The number of nitrogens with one attached hydrogen (secondary N) is 1. The van der Waals surface area contributed by atoms with Crippen LogP contribution >= 0.6 is 0 Å². The molecule has 0 atom stereocenters. The first-order chi connectivity index (χ1) is 12.5. The van der Waals surface area contributed by atoms with Gasteiger partial charge < -0.3 is 9.64 Å². The maximum absolute atomic E-state index is 12.4. The van der Waals surface area contributed by atoms with Crippen molar-refractivity contribution in [2.24, 2.45) is 0 Å². The van der Waals surface area contributed by atoms with Crippen LogP contribution < -0.4 is 9.62 Å². The van der Waals surface area contributed by atoms with Crippen LogP contribution in [0, 0.1) is 0 Å². The molecule has 1 N–H and O–H groups in total. The largest absolute Gasteiger partial charge is 0.378 e. The van der Waals surface area contributed by atoms with Gasteiger partial charge in [0.1, 0.15) is 5.82 Å². The lowest BCUT2D eigenvalue weighted by molar-refractivity contribution is 0.101. The predicted molar refractivity (Wildman–Crippen MR) is 97.7 cm³/mol. The summed E-state index contributed by atoms with van der Waals surface area (Å²) < 4.78 is 32.6. The number of carbonyl (C=O) groups is 1. The van der Waals surface area contributed by atoms with Gasteiger partial charge in [0.25, 0.3) is 0 Å². The van der Waals surface area contributed by atoms with Crippen molar-refractivity contribution in [1.82, 2.24) is 9.71 Å². The van der Waals surface area contributed by atoms with Crippen LogP contribution in [0.3, 0.4) is 0 Å². The third kappa shape index (κ3) is 4.46. The molecule has 0 saturated carbocycles. The summed E-state index contributed by atoms with van der Waals surface area (Å²) in [5.41, 5.74) is 1.25. The third-order valence-electron chi connectivity index (χ3n) is 4.18.